The third-order valence-corrected chi connectivity index (χ3v) is 7.70. The number of carbonyl (C=O) groups is 4. The highest BCUT2D eigenvalue weighted by Gasteiger charge is 2.29. The van der Waals surface area contributed by atoms with E-state index in [1.54, 1.807) is 0 Å². The van der Waals surface area contributed by atoms with E-state index in [1.807, 2.05) is 48.5 Å². The van der Waals surface area contributed by atoms with Gasteiger partial charge < -0.3 is 0 Å². The topological polar surface area (TPSA) is 68.3 Å². The van der Waals surface area contributed by atoms with Crippen LogP contribution < -0.4 is 0 Å². The highest BCUT2D eigenvalue weighted by atomic mass is 16.2. The number of fused-ring (bicyclic) bond motifs is 3. The molecule has 0 amide bonds. The van der Waals surface area contributed by atoms with Crippen LogP contribution in [-0.2, 0) is 0 Å². The Morgan fingerprint density at radius 3 is 1.12 bits per heavy atom. The Bertz CT molecular complexity index is 1840. The fourth-order valence-corrected chi connectivity index (χ4v) is 6.25. The van der Waals surface area contributed by atoms with Crippen LogP contribution in [0.15, 0.2) is 60.7 Å². The zero-order chi connectivity index (χ0) is 22.9. The summed E-state index contributed by atoms with van der Waals surface area (Å²) in [6, 6.07) is 19.4. The molecule has 0 bridgehead atoms. The van der Waals surface area contributed by atoms with Crippen molar-refractivity contribution in [2.75, 3.05) is 0 Å². The lowest BCUT2D eigenvalue weighted by Crippen LogP contribution is -2.16. The van der Waals surface area contributed by atoms with Crippen molar-refractivity contribution in [3.8, 4) is 0 Å². The third kappa shape index (κ3) is 1.96. The smallest absolute Gasteiger partial charge is 0.171 e. The van der Waals surface area contributed by atoms with E-state index < -0.39 is 0 Å². The van der Waals surface area contributed by atoms with Crippen LogP contribution in [0.4, 0.5) is 0 Å². The zero-order valence-electron chi connectivity index (χ0n) is 17.8. The minimum Gasteiger partial charge on any atom is -0.294 e. The second-order valence-electron chi connectivity index (χ2n) is 9.39. The van der Waals surface area contributed by atoms with E-state index in [-0.39, 0.29) is 36.0 Å². The number of hydrogen-bond donors (Lipinski definition) is 0. The Balaban J connectivity index is 1.63. The molecule has 34 heavy (non-hydrogen) atoms. The molecule has 6 aromatic rings. The Morgan fingerprint density at radius 1 is 0.382 bits per heavy atom. The van der Waals surface area contributed by atoms with Crippen LogP contribution in [0.25, 0.3) is 53.9 Å². The lowest BCUT2D eigenvalue weighted by Gasteiger charge is -2.21. The second kappa shape index (κ2) is 5.72. The van der Waals surface area contributed by atoms with Crippen molar-refractivity contribution in [2.24, 2.45) is 0 Å². The van der Waals surface area contributed by atoms with Gasteiger partial charge in [-0.1, -0.05) is 48.5 Å². The predicted octanol–water partition coefficient (Wildman–Crippen LogP) is 6.43. The standard InChI is InChI=1S/C30H14O4/c31-23-11-25(33)19-7-5-15-22-10-14-2-4-18-24(32)12-26(34)20-8-6-16(28(14)30(18)20)21(22)9-13-1-3-17(23)29(19)27(13)15/h1-10H,11-12H2. The van der Waals surface area contributed by atoms with Gasteiger partial charge in [0, 0.05) is 33.0 Å². The molecule has 158 valence electrons. The lowest BCUT2D eigenvalue weighted by molar-refractivity contribution is 0.0874. The van der Waals surface area contributed by atoms with Gasteiger partial charge >= 0.3 is 0 Å². The van der Waals surface area contributed by atoms with Crippen molar-refractivity contribution in [1.82, 2.24) is 0 Å². The first-order valence-corrected chi connectivity index (χ1v) is 11.3. The molecular formula is C30H14O4. The molecule has 0 spiro atoms. The SMILES string of the molecule is O=C1CC(=O)c2ccc3c4cc5ccc6c7c(ccc(c4cc4ccc1c2c43)c57)C(=O)CC6=O. The second-order valence-corrected chi connectivity index (χ2v) is 9.39. The van der Waals surface area contributed by atoms with Gasteiger partial charge in [0.1, 0.15) is 0 Å². The van der Waals surface area contributed by atoms with Crippen molar-refractivity contribution in [3.05, 3.63) is 82.9 Å². The Morgan fingerprint density at radius 2 is 0.735 bits per heavy atom. The quantitative estimate of drug-likeness (QED) is 0.156. The van der Waals surface area contributed by atoms with Gasteiger partial charge in [0.2, 0.25) is 0 Å². The lowest BCUT2D eigenvalue weighted by atomic mass is 9.80. The van der Waals surface area contributed by atoms with Crippen LogP contribution in [0, 0.1) is 0 Å². The third-order valence-electron chi connectivity index (χ3n) is 7.70. The van der Waals surface area contributed by atoms with E-state index >= 15 is 0 Å². The van der Waals surface area contributed by atoms with Crippen LogP contribution in [0.3, 0.4) is 0 Å². The maximum Gasteiger partial charge on any atom is 0.171 e. The first-order valence-electron chi connectivity index (χ1n) is 11.3. The van der Waals surface area contributed by atoms with Gasteiger partial charge in [0.05, 0.1) is 12.8 Å². The molecule has 0 atom stereocenters. The monoisotopic (exact) mass is 438 g/mol. The van der Waals surface area contributed by atoms with Crippen LogP contribution in [0.2, 0.25) is 0 Å². The van der Waals surface area contributed by atoms with Gasteiger partial charge in [-0.3, -0.25) is 19.2 Å². The highest BCUT2D eigenvalue weighted by Crippen LogP contribution is 2.44. The van der Waals surface area contributed by atoms with Crippen molar-refractivity contribution in [1.29, 1.82) is 0 Å². The first kappa shape index (κ1) is 18.0. The summed E-state index contributed by atoms with van der Waals surface area (Å²) >= 11 is 0. The fourth-order valence-electron chi connectivity index (χ4n) is 6.25. The number of carbonyl (C=O) groups excluding carboxylic acids is 4. The Hall–Kier alpha value is -4.44. The van der Waals surface area contributed by atoms with E-state index in [0.717, 1.165) is 53.9 Å². The van der Waals surface area contributed by atoms with Crippen LogP contribution in [0.1, 0.15) is 54.3 Å². The number of benzene rings is 6. The number of rotatable bonds is 0. The molecule has 0 aromatic heterocycles. The Labute approximate surface area is 192 Å². The van der Waals surface area contributed by atoms with Crippen molar-refractivity contribution < 1.29 is 19.2 Å². The van der Waals surface area contributed by atoms with Crippen molar-refractivity contribution in [3.63, 3.8) is 0 Å². The minimum atomic E-state index is -0.132. The molecule has 2 aliphatic rings. The van der Waals surface area contributed by atoms with Gasteiger partial charge in [0.15, 0.2) is 23.1 Å². The largest absolute Gasteiger partial charge is 0.294 e. The molecular weight excluding hydrogens is 424 g/mol. The van der Waals surface area contributed by atoms with E-state index in [2.05, 4.69) is 12.1 Å². The zero-order valence-corrected chi connectivity index (χ0v) is 17.8. The molecule has 4 heteroatoms. The maximum atomic E-state index is 12.6. The summed E-state index contributed by atoms with van der Waals surface area (Å²) in [6.07, 6.45) is -0.163. The first-order chi connectivity index (χ1) is 16.5. The number of Topliss-reactive ketones (excluding diaryl/α,β-unsaturated/α-hetero) is 4. The maximum absolute atomic E-state index is 12.6. The molecule has 0 heterocycles. The summed E-state index contributed by atoms with van der Waals surface area (Å²) in [5.41, 5.74) is 2.44. The summed E-state index contributed by atoms with van der Waals surface area (Å²) in [5, 5.41) is 9.30. The van der Waals surface area contributed by atoms with Crippen molar-refractivity contribution in [2.45, 2.75) is 12.8 Å². The summed E-state index contributed by atoms with van der Waals surface area (Å²) in [4.78, 5) is 50.5. The summed E-state index contributed by atoms with van der Waals surface area (Å²) < 4.78 is 0. The van der Waals surface area contributed by atoms with Crippen LogP contribution >= 0.6 is 0 Å². The molecule has 4 nitrogen and oxygen atoms in total. The van der Waals surface area contributed by atoms with Gasteiger partial charge in [-0.15, -0.1) is 0 Å². The van der Waals surface area contributed by atoms with Gasteiger partial charge in [0.25, 0.3) is 0 Å². The molecule has 0 saturated carbocycles. The Kier molecular flexibility index (Phi) is 3.04. The van der Waals surface area contributed by atoms with Crippen LogP contribution in [-0.4, -0.2) is 23.1 Å². The van der Waals surface area contributed by atoms with Gasteiger partial charge in [-0.25, -0.2) is 0 Å². The average Bonchev–Trinajstić information content (AvgIpc) is 2.83. The van der Waals surface area contributed by atoms with E-state index in [4.69, 9.17) is 0 Å². The molecule has 0 saturated heterocycles. The summed E-state index contributed by atoms with van der Waals surface area (Å²) in [7, 11) is 0. The number of hydrogen-bond acceptors (Lipinski definition) is 4. The average molecular weight is 438 g/mol. The molecule has 8 rings (SSSR count). The van der Waals surface area contributed by atoms with Gasteiger partial charge in [-0.05, 0) is 55.2 Å². The van der Waals surface area contributed by atoms with Gasteiger partial charge in [-0.2, -0.15) is 0 Å². The van der Waals surface area contributed by atoms with E-state index in [0.29, 0.717) is 22.3 Å². The number of ketones is 4. The molecule has 2 aliphatic carbocycles. The molecule has 0 fully saturated rings. The highest BCUT2D eigenvalue weighted by molar-refractivity contribution is 6.38. The van der Waals surface area contributed by atoms with E-state index in [9.17, 15) is 19.2 Å². The predicted molar refractivity (Wildman–Crippen MR) is 132 cm³/mol. The molecule has 0 unspecified atom stereocenters. The van der Waals surface area contributed by atoms with E-state index in [1.165, 1.54) is 0 Å². The van der Waals surface area contributed by atoms with Crippen LogP contribution in [0.5, 0.6) is 0 Å². The molecule has 0 aliphatic heterocycles. The molecule has 0 N–H and O–H groups in total. The summed E-state index contributed by atoms with van der Waals surface area (Å²) in [6.45, 7) is 0. The van der Waals surface area contributed by atoms with Crippen molar-refractivity contribution >= 4 is 77.0 Å². The summed E-state index contributed by atoms with van der Waals surface area (Å²) in [5.74, 6) is -0.528. The molecule has 0 radical (unpaired) electrons. The molecule has 6 aromatic carbocycles. The minimum absolute atomic E-state index is 0.0813. The normalized spacial score (nSPS) is 15.6. The fraction of sp³-hybridized carbons (Fsp3) is 0.0667.